The van der Waals surface area contributed by atoms with E-state index in [1.165, 1.54) is 13.4 Å². The van der Waals surface area contributed by atoms with Crippen LogP contribution >= 0.6 is 23.4 Å². The van der Waals surface area contributed by atoms with Crippen molar-refractivity contribution in [2.75, 3.05) is 32.6 Å². The molecule has 1 heterocycles. The molecular weight excluding hydrogens is 422 g/mol. The number of imide groups is 1. The number of benzene rings is 1. The van der Waals surface area contributed by atoms with Gasteiger partial charge in [-0.2, -0.15) is 0 Å². The van der Waals surface area contributed by atoms with Crippen molar-refractivity contribution in [3.05, 3.63) is 35.1 Å². The van der Waals surface area contributed by atoms with Crippen molar-refractivity contribution in [2.45, 2.75) is 12.1 Å². The molecule has 0 saturated carbocycles. The number of hydrogen-bond donors (Lipinski definition) is 2. The van der Waals surface area contributed by atoms with Crippen LogP contribution in [0, 0.1) is 6.92 Å². The van der Waals surface area contributed by atoms with E-state index in [0.717, 1.165) is 23.0 Å². The van der Waals surface area contributed by atoms with Crippen LogP contribution < -0.4 is 10.6 Å². The number of methoxy groups -OCH3 is 1. The Labute approximate surface area is 176 Å². The van der Waals surface area contributed by atoms with Gasteiger partial charge in [-0.05, 0) is 24.6 Å². The molecule has 0 bridgehead atoms. The Balaban J connectivity index is 1.79. The van der Waals surface area contributed by atoms with Gasteiger partial charge in [0.05, 0.1) is 18.0 Å². The Morgan fingerprint density at radius 1 is 1.31 bits per heavy atom. The first-order valence-corrected chi connectivity index (χ1v) is 9.78. The number of carbonyl (C=O) groups is 3. The van der Waals surface area contributed by atoms with Gasteiger partial charge in [-0.25, -0.2) is 4.79 Å². The van der Waals surface area contributed by atoms with E-state index in [4.69, 9.17) is 21.1 Å². The van der Waals surface area contributed by atoms with Gasteiger partial charge < -0.3 is 14.8 Å². The van der Waals surface area contributed by atoms with Crippen LogP contribution in [0.4, 0.5) is 4.79 Å². The van der Waals surface area contributed by atoms with Crippen molar-refractivity contribution in [1.29, 1.82) is 0 Å². The molecule has 29 heavy (non-hydrogen) atoms. The highest BCUT2D eigenvalue weighted by Crippen LogP contribution is 2.23. The highest BCUT2D eigenvalue weighted by Gasteiger charge is 2.14. The molecule has 156 valence electrons. The Morgan fingerprint density at radius 3 is 2.83 bits per heavy atom. The molecule has 1 aromatic carbocycles. The molecule has 1 aromatic heterocycles. The molecule has 0 fully saturated rings. The molecule has 3 amide bonds. The maximum Gasteiger partial charge on any atom is 0.321 e. The number of hydrogen-bond acceptors (Lipinski definition) is 8. The van der Waals surface area contributed by atoms with Crippen molar-refractivity contribution in [1.82, 2.24) is 25.4 Å². The number of thioether (sulfide) groups is 1. The van der Waals surface area contributed by atoms with Gasteiger partial charge in [-0.15, -0.1) is 10.2 Å². The van der Waals surface area contributed by atoms with Gasteiger partial charge in [-0.1, -0.05) is 29.4 Å². The molecule has 2 rings (SSSR count). The highest BCUT2D eigenvalue weighted by atomic mass is 35.5. The third-order valence-electron chi connectivity index (χ3n) is 3.48. The number of amides is 3. The summed E-state index contributed by atoms with van der Waals surface area (Å²) >= 11 is 7.24. The lowest BCUT2D eigenvalue weighted by Crippen LogP contribution is -2.42. The number of aryl methyl sites for hydroxylation is 1. The molecule has 2 N–H and O–H groups in total. The van der Waals surface area contributed by atoms with E-state index in [-0.39, 0.29) is 12.3 Å². The predicted molar refractivity (Wildman–Crippen MR) is 106 cm³/mol. The molecule has 2 aromatic rings. The number of nitrogens with one attached hydrogen (secondary N) is 2. The molecule has 0 spiro atoms. The van der Waals surface area contributed by atoms with Crippen LogP contribution in [0.15, 0.2) is 29.7 Å². The van der Waals surface area contributed by atoms with E-state index in [1.54, 1.807) is 10.6 Å². The molecule has 0 atom stereocenters. The lowest BCUT2D eigenvalue weighted by Gasteiger charge is -2.08. The number of ether oxygens (including phenoxy) is 2. The van der Waals surface area contributed by atoms with E-state index in [9.17, 15) is 14.4 Å². The van der Waals surface area contributed by atoms with Gasteiger partial charge in [0.1, 0.15) is 6.33 Å². The van der Waals surface area contributed by atoms with E-state index in [2.05, 4.69) is 15.5 Å². The molecule has 0 aliphatic heterocycles. The van der Waals surface area contributed by atoms with E-state index < -0.39 is 24.5 Å². The van der Waals surface area contributed by atoms with Crippen molar-refractivity contribution < 1.29 is 23.9 Å². The Hall–Kier alpha value is -2.63. The van der Waals surface area contributed by atoms with Crippen LogP contribution in [0.3, 0.4) is 0 Å². The number of nitrogens with zero attached hydrogens (tertiary/aromatic N) is 3. The van der Waals surface area contributed by atoms with Gasteiger partial charge in [0.15, 0.2) is 11.8 Å². The quantitative estimate of drug-likeness (QED) is 0.339. The lowest BCUT2D eigenvalue weighted by molar-refractivity contribution is -0.145. The van der Waals surface area contributed by atoms with Gasteiger partial charge >= 0.3 is 12.0 Å². The van der Waals surface area contributed by atoms with Crippen LogP contribution in [0.1, 0.15) is 5.56 Å². The smallest absolute Gasteiger partial charge is 0.321 e. The zero-order chi connectivity index (χ0) is 21.2. The minimum absolute atomic E-state index is 0.0917. The number of esters is 1. The van der Waals surface area contributed by atoms with E-state index >= 15 is 0 Å². The largest absolute Gasteiger partial charge is 0.455 e. The summed E-state index contributed by atoms with van der Waals surface area (Å²) in [5, 5.41) is 13.3. The van der Waals surface area contributed by atoms with Gasteiger partial charge in [0.2, 0.25) is 0 Å². The number of carbonyl (C=O) groups excluding carboxylic acids is 3. The van der Waals surface area contributed by atoms with Crippen molar-refractivity contribution in [2.24, 2.45) is 0 Å². The minimum atomic E-state index is -0.740. The van der Waals surface area contributed by atoms with Crippen LogP contribution in [-0.4, -0.2) is 65.3 Å². The van der Waals surface area contributed by atoms with Gasteiger partial charge in [0.25, 0.3) is 5.91 Å². The summed E-state index contributed by atoms with van der Waals surface area (Å²) in [6.45, 7) is 1.88. The van der Waals surface area contributed by atoms with Crippen LogP contribution in [-0.2, 0) is 19.1 Å². The summed E-state index contributed by atoms with van der Waals surface area (Å²) in [6, 6.07) is 4.80. The standard InChI is InChI=1S/C17H20ClN5O5S/c1-11-3-4-12(7-13(11)18)23-10-20-22-17(23)29-9-15(25)28-8-14(24)21-16(26)19-5-6-27-2/h3-4,7,10H,5-6,8-9H2,1-2H3,(H2,19,21,24,26). The predicted octanol–water partition coefficient (Wildman–Crippen LogP) is 1.34. The molecule has 0 saturated heterocycles. The maximum atomic E-state index is 11.9. The number of urea groups is 1. The summed E-state index contributed by atoms with van der Waals surface area (Å²) in [5.74, 6) is -1.47. The normalized spacial score (nSPS) is 10.4. The molecule has 0 unspecified atom stereocenters. The first-order valence-electron chi connectivity index (χ1n) is 8.42. The van der Waals surface area contributed by atoms with E-state index in [1.807, 2.05) is 24.4 Å². The van der Waals surface area contributed by atoms with Crippen molar-refractivity contribution in [3.8, 4) is 5.69 Å². The monoisotopic (exact) mass is 441 g/mol. The summed E-state index contributed by atoms with van der Waals surface area (Å²) < 4.78 is 11.3. The van der Waals surface area contributed by atoms with Crippen molar-refractivity contribution >= 4 is 41.3 Å². The Morgan fingerprint density at radius 2 is 2.10 bits per heavy atom. The zero-order valence-corrected chi connectivity index (χ0v) is 17.4. The fraction of sp³-hybridized carbons (Fsp3) is 0.353. The average molecular weight is 442 g/mol. The van der Waals surface area contributed by atoms with Crippen LogP contribution in [0.5, 0.6) is 0 Å². The number of halogens is 1. The first-order chi connectivity index (χ1) is 13.9. The molecular formula is C17H20ClN5O5S. The summed E-state index contributed by atoms with van der Waals surface area (Å²) in [7, 11) is 1.49. The lowest BCUT2D eigenvalue weighted by atomic mass is 10.2. The van der Waals surface area contributed by atoms with Gasteiger partial charge in [0, 0.05) is 18.7 Å². The molecule has 12 heteroatoms. The third-order valence-corrected chi connectivity index (χ3v) is 4.80. The van der Waals surface area contributed by atoms with Gasteiger partial charge in [-0.3, -0.25) is 19.5 Å². The topological polar surface area (TPSA) is 124 Å². The Kier molecular flexibility index (Phi) is 8.90. The number of rotatable bonds is 9. The fourth-order valence-corrected chi connectivity index (χ4v) is 2.92. The minimum Gasteiger partial charge on any atom is -0.455 e. The number of aromatic nitrogens is 3. The van der Waals surface area contributed by atoms with E-state index in [0.29, 0.717) is 16.8 Å². The second kappa shape index (κ2) is 11.4. The molecule has 0 radical (unpaired) electrons. The highest BCUT2D eigenvalue weighted by molar-refractivity contribution is 7.99. The van der Waals surface area contributed by atoms with Crippen molar-refractivity contribution in [3.63, 3.8) is 0 Å². The van der Waals surface area contributed by atoms with Crippen LogP contribution in [0.25, 0.3) is 5.69 Å². The SMILES string of the molecule is COCCNC(=O)NC(=O)COC(=O)CSc1nncn1-c1ccc(C)c(Cl)c1. The molecule has 0 aliphatic carbocycles. The second-order valence-corrected chi connectivity index (χ2v) is 7.01. The summed E-state index contributed by atoms with van der Waals surface area (Å²) in [6.07, 6.45) is 1.50. The summed E-state index contributed by atoms with van der Waals surface area (Å²) in [5.41, 5.74) is 1.69. The average Bonchev–Trinajstić information content (AvgIpc) is 3.15. The molecule has 0 aliphatic rings. The fourth-order valence-electron chi connectivity index (χ4n) is 2.02. The second-order valence-electron chi connectivity index (χ2n) is 5.66. The summed E-state index contributed by atoms with van der Waals surface area (Å²) in [4.78, 5) is 34.9. The first kappa shape index (κ1) is 22.7. The zero-order valence-electron chi connectivity index (χ0n) is 15.8. The Bertz CT molecular complexity index is 876. The molecule has 10 nitrogen and oxygen atoms in total. The maximum absolute atomic E-state index is 11.9. The third kappa shape index (κ3) is 7.37. The van der Waals surface area contributed by atoms with Crippen LogP contribution in [0.2, 0.25) is 5.02 Å².